The van der Waals surface area contributed by atoms with Crippen LogP contribution in [0.15, 0.2) is 6.07 Å². The fourth-order valence-corrected chi connectivity index (χ4v) is 3.22. The first-order valence-electron chi connectivity index (χ1n) is 8.30. The molecule has 0 spiro atoms. The van der Waals surface area contributed by atoms with Gasteiger partial charge in [-0.2, -0.15) is 0 Å². The minimum Gasteiger partial charge on any atom is -0.467 e. The van der Waals surface area contributed by atoms with Crippen molar-refractivity contribution < 1.29 is 28.5 Å². The summed E-state index contributed by atoms with van der Waals surface area (Å²) in [6, 6.07) is 1.82. The molecule has 0 aliphatic heterocycles. The van der Waals surface area contributed by atoms with Gasteiger partial charge in [-0.1, -0.05) is 6.92 Å². The number of methoxy groups -OCH3 is 3. The van der Waals surface area contributed by atoms with Crippen molar-refractivity contribution in [2.75, 3.05) is 55.1 Å². The summed E-state index contributed by atoms with van der Waals surface area (Å²) in [4.78, 5) is 14.3. The summed E-state index contributed by atoms with van der Waals surface area (Å²) in [5.41, 5.74) is 1.88. The first-order chi connectivity index (χ1) is 12.5. The molecule has 0 aliphatic carbocycles. The molecule has 0 radical (unpaired) electrons. The lowest BCUT2D eigenvalue weighted by atomic mass is 10.00. The van der Waals surface area contributed by atoms with E-state index in [9.17, 15) is 4.79 Å². The Kier molecular flexibility index (Phi) is 10.9. The first-order valence-corrected chi connectivity index (χ1v) is 9.38. The number of carbonyl (C=O) groups is 1. The predicted octanol–water partition coefficient (Wildman–Crippen LogP) is 2.47. The number of halogens is 1. The van der Waals surface area contributed by atoms with E-state index in [1.165, 1.54) is 0 Å². The number of rotatable bonds is 12. The molecule has 0 aromatic heterocycles. The zero-order valence-corrected chi connectivity index (χ0v) is 18.3. The maximum atomic E-state index is 12.6. The normalized spacial score (nSPS) is 10.7. The maximum absolute atomic E-state index is 12.6. The van der Waals surface area contributed by atoms with E-state index in [0.717, 1.165) is 21.1 Å². The highest BCUT2D eigenvalue weighted by Gasteiger charge is 2.21. The van der Waals surface area contributed by atoms with Gasteiger partial charge in [-0.05, 0) is 40.1 Å². The van der Waals surface area contributed by atoms with Crippen LogP contribution in [0, 0.1) is 3.57 Å². The lowest BCUT2D eigenvalue weighted by Gasteiger charge is -2.21. The zero-order valence-electron chi connectivity index (χ0n) is 16.1. The summed E-state index contributed by atoms with van der Waals surface area (Å²) in [7, 11) is 6.51. The van der Waals surface area contributed by atoms with Crippen LogP contribution in [0.25, 0.3) is 0 Å². The average molecular weight is 481 g/mol. The Bertz CT molecular complexity index is 581. The van der Waals surface area contributed by atoms with Gasteiger partial charge in [0.15, 0.2) is 13.6 Å². The minimum atomic E-state index is 0.0104. The summed E-state index contributed by atoms with van der Waals surface area (Å²) < 4.78 is 27.3. The van der Waals surface area contributed by atoms with Crippen LogP contribution in [-0.4, -0.2) is 65.9 Å². The lowest BCUT2D eigenvalue weighted by molar-refractivity contribution is -0.129. The monoisotopic (exact) mass is 481 g/mol. The summed E-state index contributed by atoms with van der Waals surface area (Å²) in [5.74, 6) is 1.29. The molecular formula is C18H28INO6. The Morgan fingerprint density at radius 3 is 2.19 bits per heavy atom. The average Bonchev–Trinajstić information content (AvgIpc) is 2.64. The van der Waals surface area contributed by atoms with Crippen LogP contribution in [-0.2, 0) is 31.8 Å². The molecule has 1 rings (SSSR count). The second-order valence-corrected chi connectivity index (χ2v) is 6.66. The predicted molar refractivity (Wildman–Crippen MR) is 107 cm³/mol. The second-order valence-electron chi connectivity index (χ2n) is 5.58. The molecular weight excluding hydrogens is 453 g/mol. The van der Waals surface area contributed by atoms with Gasteiger partial charge in [-0.15, -0.1) is 0 Å². The highest BCUT2D eigenvalue weighted by molar-refractivity contribution is 14.1. The molecule has 0 bridgehead atoms. The van der Waals surface area contributed by atoms with Crippen molar-refractivity contribution in [1.82, 2.24) is 4.90 Å². The van der Waals surface area contributed by atoms with Gasteiger partial charge in [-0.25, -0.2) is 0 Å². The number of likely N-dealkylation sites (N-methyl/N-ethyl adjacent to an activating group) is 1. The van der Waals surface area contributed by atoms with Crippen LogP contribution in [0.4, 0.5) is 0 Å². The molecule has 1 aromatic rings. The van der Waals surface area contributed by atoms with E-state index in [2.05, 4.69) is 22.6 Å². The van der Waals surface area contributed by atoms with E-state index in [1.807, 2.05) is 13.0 Å². The number of amides is 1. The molecule has 148 valence electrons. The number of nitrogens with zero attached hydrogens (tertiary/aromatic N) is 1. The molecule has 0 saturated carbocycles. The van der Waals surface area contributed by atoms with E-state index in [0.29, 0.717) is 24.7 Å². The van der Waals surface area contributed by atoms with E-state index in [-0.39, 0.29) is 25.9 Å². The minimum absolute atomic E-state index is 0.0104. The maximum Gasteiger partial charge on any atom is 0.226 e. The fraction of sp³-hybridized carbons (Fsp3) is 0.611. The fourth-order valence-electron chi connectivity index (χ4n) is 2.39. The topological polar surface area (TPSA) is 66.5 Å². The summed E-state index contributed by atoms with van der Waals surface area (Å²) in [6.45, 7) is 3.31. The Morgan fingerprint density at radius 1 is 1.04 bits per heavy atom. The molecule has 0 saturated heterocycles. The highest BCUT2D eigenvalue weighted by atomic mass is 127. The second kappa shape index (κ2) is 12.3. The quantitative estimate of drug-likeness (QED) is 0.338. The summed E-state index contributed by atoms with van der Waals surface area (Å²) >= 11 is 2.21. The molecule has 0 unspecified atom stereocenters. The number of benzene rings is 1. The summed E-state index contributed by atoms with van der Waals surface area (Å²) in [5, 5.41) is 0. The van der Waals surface area contributed by atoms with Crippen LogP contribution < -0.4 is 9.47 Å². The van der Waals surface area contributed by atoms with Crippen LogP contribution >= 0.6 is 22.6 Å². The van der Waals surface area contributed by atoms with Gasteiger partial charge < -0.3 is 28.6 Å². The molecule has 0 N–H and O–H groups in total. The smallest absolute Gasteiger partial charge is 0.226 e. The van der Waals surface area contributed by atoms with Gasteiger partial charge in [0.2, 0.25) is 5.91 Å². The van der Waals surface area contributed by atoms with Gasteiger partial charge >= 0.3 is 0 Å². The highest BCUT2D eigenvalue weighted by Crippen LogP contribution is 2.36. The van der Waals surface area contributed by atoms with Crippen molar-refractivity contribution >= 4 is 28.5 Å². The van der Waals surface area contributed by atoms with Crippen LogP contribution in [0.2, 0.25) is 0 Å². The largest absolute Gasteiger partial charge is 0.467 e. The standard InChI is InChI=1S/C18H28INO6/c1-6-13-14(9-17(21)20(2)7-8-22-3)18(19)16(26-12-24-5)10-15(13)25-11-23-4/h10H,6-9,11-12H2,1-5H3. The first kappa shape index (κ1) is 22.9. The third-order valence-electron chi connectivity index (χ3n) is 3.81. The zero-order chi connectivity index (χ0) is 19.5. The molecule has 1 aromatic carbocycles. The third-order valence-corrected chi connectivity index (χ3v) is 4.99. The number of carbonyl (C=O) groups excluding carboxylic acids is 1. The van der Waals surface area contributed by atoms with Gasteiger partial charge in [0, 0.05) is 41.0 Å². The van der Waals surface area contributed by atoms with Crippen molar-refractivity contribution in [3.63, 3.8) is 0 Å². The Morgan fingerprint density at radius 2 is 1.65 bits per heavy atom. The molecule has 7 nitrogen and oxygen atoms in total. The van der Waals surface area contributed by atoms with Crippen LogP contribution in [0.1, 0.15) is 18.1 Å². The van der Waals surface area contributed by atoms with Crippen molar-refractivity contribution in [2.45, 2.75) is 19.8 Å². The van der Waals surface area contributed by atoms with E-state index in [4.69, 9.17) is 23.7 Å². The lowest BCUT2D eigenvalue weighted by Crippen LogP contribution is -2.31. The van der Waals surface area contributed by atoms with Gasteiger partial charge in [0.1, 0.15) is 11.5 Å². The summed E-state index contributed by atoms with van der Waals surface area (Å²) in [6.07, 6.45) is 0.985. The SMILES string of the molecule is CCc1c(OCOC)cc(OCOC)c(I)c1CC(=O)N(C)CCOC. The van der Waals surface area contributed by atoms with Gasteiger partial charge in [0.05, 0.1) is 16.6 Å². The van der Waals surface area contributed by atoms with E-state index in [1.54, 1.807) is 33.3 Å². The number of ether oxygens (including phenoxy) is 5. The van der Waals surface area contributed by atoms with Crippen molar-refractivity contribution in [3.05, 3.63) is 20.8 Å². The van der Waals surface area contributed by atoms with Crippen LogP contribution in [0.3, 0.4) is 0 Å². The van der Waals surface area contributed by atoms with Crippen LogP contribution in [0.5, 0.6) is 11.5 Å². The Hall–Kier alpha value is -1.10. The van der Waals surface area contributed by atoms with Gasteiger partial charge in [0.25, 0.3) is 0 Å². The molecule has 0 fully saturated rings. The number of hydrogen-bond acceptors (Lipinski definition) is 6. The Labute approximate surface area is 169 Å². The number of hydrogen-bond donors (Lipinski definition) is 0. The molecule has 26 heavy (non-hydrogen) atoms. The van der Waals surface area contributed by atoms with E-state index >= 15 is 0 Å². The molecule has 0 heterocycles. The van der Waals surface area contributed by atoms with Crippen molar-refractivity contribution in [3.8, 4) is 11.5 Å². The van der Waals surface area contributed by atoms with Gasteiger partial charge in [-0.3, -0.25) is 4.79 Å². The Balaban J connectivity index is 3.21. The van der Waals surface area contributed by atoms with Crippen molar-refractivity contribution in [1.29, 1.82) is 0 Å². The molecule has 0 aliphatic rings. The molecule has 1 amide bonds. The molecule has 0 atom stereocenters. The van der Waals surface area contributed by atoms with E-state index < -0.39 is 0 Å². The molecule has 8 heteroatoms. The third kappa shape index (κ3) is 6.57. The van der Waals surface area contributed by atoms with Crippen molar-refractivity contribution in [2.24, 2.45) is 0 Å².